The van der Waals surface area contributed by atoms with E-state index >= 15 is 0 Å². The van der Waals surface area contributed by atoms with Gasteiger partial charge < -0.3 is 5.32 Å². The van der Waals surface area contributed by atoms with Gasteiger partial charge in [-0.3, -0.25) is 0 Å². The SMILES string of the molecule is CCCCNCC1(F)CCCCC1. The molecule has 0 aliphatic heterocycles. The van der Waals surface area contributed by atoms with Crippen LogP contribution in [0.4, 0.5) is 4.39 Å². The highest BCUT2D eigenvalue weighted by Gasteiger charge is 2.30. The van der Waals surface area contributed by atoms with Crippen molar-refractivity contribution in [3.8, 4) is 0 Å². The summed E-state index contributed by atoms with van der Waals surface area (Å²) in [4.78, 5) is 0. The summed E-state index contributed by atoms with van der Waals surface area (Å²) in [6.45, 7) is 3.71. The zero-order chi connectivity index (χ0) is 9.57. The molecule has 1 fully saturated rings. The molecule has 0 spiro atoms. The number of hydrogen-bond donors (Lipinski definition) is 1. The van der Waals surface area contributed by atoms with Crippen LogP contribution in [0.2, 0.25) is 0 Å². The third kappa shape index (κ3) is 4.08. The number of alkyl halides is 1. The van der Waals surface area contributed by atoms with Crippen LogP contribution in [-0.4, -0.2) is 18.8 Å². The molecule has 0 radical (unpaired) electrons. The molecule has 1 N–H and O–H groups in total. The molecule has 0 aromatic heterocycles. The van der Waals surface area contributed by atoms with Gasteiger partial charge in [0, 0.05) is 6.54 Å². The Morgan fingerprint density at radius 3 is 2.54 bits per heavy atom. The molecular formula is C11H22FN. The van der Waals surface area contributed by atoms with E-state index < -0.39 is 5.67 Å². The van der Waals surface area contributed by atoms with Gasteiger partial charge in [-0.05, 0) is 25.8 Å². The average Bonchev–Trinajstić information content (AvgIpc) is 2.14. The summed E-state index contributed by atoms with van der Waals surface area (Å²) in [5, 5.41) is 3.22. The Bertz CT molecular complexity index is 130. The topological polar surface area (TPSA) is 12.0 Å². The van der Waals surface area contributed by atoms with Crippen molar-refractivity contribution in [1.82, 2.24) is 5.32 Å². The minimum atomic E-state index is -0.883. The zero-order valence-corrected chi connectivity index (χ0v) is 8.74. The van der Waals surface area contributed by atoms with E-state index in [0.29, 0.717) is 6.54 Å². The minimum Gasteiger partial charge on any atom is -0.314 e. The van der Waals surface area contributed by atoms with Gasteiger partial charge in [0.25, 0.3) is 0 Å². The first-order valence-electron chi connectivity index (χ1n) is 5.66. The molecule has 1 aliphatic rings. The van der Waals surface area contributed by atoms with Crippen molar-refractivity contribution in [2.75, 3.05) is 13.1 Å². The van der Waals surface area contributed by atoms with E-state index in [0.717, 1.165) is 38.6 Å². The van der Waals surface area contributed by atoms with Gasteiger partial charge in [0.05, 0.1) is 0 Å². The zero-order valence-electron chi connectivity index (χ0n) is 8.74. The summed E-state index contributed by atoms with van der Waals surface area (Å²) in [5.74, 6) is 0. The van der Waals surface area contributed by atoms with Gasteiger partial charge in [-0.1, -0.05) is 32.6 Å². The highest BCUT2D eigenvalue weighted by Crippen LogP contribution is 2.30. The third-order valence-corrected chi connectivity index (χ3v) is 2.90. The largest absolute Gasteiger partial charge is 0.314 e. The predicted octanol–water partition coefficient (Wildman–Crippen LogP) is 3.05. The van der Waals surface area contributed by atoms with Gasteiger partial charge in [-0.25, -0.2) is 4.39 Å². The maximum atomic E-state index is 13.9. The Balaban J connectivity index is 2.10. The van der Waals surface area contributed by atoms with Crippen LogP contribution in [0.1, 0.15) is 51.9 Å². The van der Waals surface area contributed by atoms with Crippen LogP contribution < -0.4 is 5.32 Å². The molecule has 0 saturated heterocycles. The first-order chi connectivity index (χ1) is 6.27. The van der Waals surface area contributed by atoms with Crippen molar-refractivity contribution in [2.24, 2.45) is 0 Å². The molecule has 1 saturated carbocycles. The van der Waals surface area contributed by atoms with E-state index in [1.807, 2.05) is 0 Å². The number of nitrogens with one attached hydrogen (secondary N) is 1. The summed E-state index contributed by atoms with van der Waals surface area (Å²) in [6, 6.07) is 0. The van der Waals surface area contributed by atoms with Crippen molar-refractivity contribution in [2.45, 2.75) is 57.5 Å². The quantitative estimate of drug-likeness (QED) is 0.652. The van der Waals surface area contributed by atoms with Crippen molar-refractivity contribution in [3.05, 3.63) is 0 Å². The van der Waals surface area contributed by atoms with E-state index in [4.69, 9.17) is 0 Å². The molecule has 78 valence electrons. The van der Waals surface area contributed by atoms with Crippen molar-refractivity contribution < 1.29 is 4.39 Å². The second kappa shape index (κ2) is 5.58. The lowest BCUT2D eigenvalue weighted by atomic mass is 9.86. The lowest BCUT2D eigenvalue weighted by Crippen LogP contribution is -2.38. The van der Waals surface area contributed by atoms with Crippen LogP contribution >= 0.6 is 0 Å². The third-order valence-electron chi connectivity index (χ3n) is 2.90. The Morgan fingerprint density at radius 1 is 1.23 bits per heavy atom. The fourth-order valence-electron chi connectivity index (χ4n) is 1.98. The molecule has 0 bridgehead atoms. The number of hydrogen-bond acceptors (Lipinski definition) is 1. The fourth-order valence-corrected chi connectivity index (χ4v) is 1.98. The van der Waals surface area contributed by atoms with Crippen LogP contribution in [0, 0.1) is 0 Å². The lowest BCUT2D eigenvalue weighted by Gasteiger charge is -2.29. The van der Waals surface area contributed by atoms with Crippen LogP contribution in [0.3, 0.4) is 0 Å². The van der Waals surface area contributed by atoms with E-state index in [1.165, 1.54) is 12.8 Å². The smallest absolute Gasteiger partial charge is 0.123 e. The van der Waals surface area contributed by atoms with Crippen LogP contribution in [0.5, 0.6) is 0 Å². The van der Waals surface area contributed by atoms with E-state index in [9.17, 15) is 4.39 Å². The van der Waals surface area contributed by atoms with Crippen LogP contribution in [-0.2, 0) is 0 Å². The van der Waals surface area contributed by atoms with E-state index in [1.54, 1.807) is 0 Å². The molecule has 0 atom stereocenters. The molecule has 0 heterocycles. The van der Waals surface area contributed by atoms with Crippen molar-refractivity contribution in [1.29, 1.82) is 0 Å². The lowest BCUT2D eigenvalue weighted by molar-refractivity contribution is 0.105. The monoisotopic (exact) mass is 187 g/mol. The maximum absolute atomic E-state index is 13.9. The van der Waals surface area contributed by atoms with E-state index in [-0.39, 0.29) is 0 Å². The highest BCUT2D eigenvalue weighted by atomic mass is 19.1. The van der Waals surface area contributed by atoms with Crippen molar-refractivity contribution >= 4 is 0 Å². The average molecular weight is 187 g/mol. The summed E-state index contributed by atoms with van der Waals surface area (Å²) in [5.41, 5.74) is -0.883. The summed E-state index contributed by atoms with van der Waals surface area (Å²) in [6.07, 6.45) is 7.26. The molecule has 1 rings (SSSR count). The summed E-state index contributed by atoms with van der Waals surface area (Å²) < 4.78 is 13.9. The second-order valence-electron chi connectivity index (χ2n) is 4.24. The van der Waals surface area contributed by atoms with E-state index in [2.05, 4.69) is 12.2 Å². The highest BCUT2D eigenvalue weighted by molar-refractivity contribution is 4.84. The molecule has 0 aromatic rings. The number of halogens is 1. The fraction of sp³-hybridized carbons (Fsp3) is 1.00. The Morgan fingerprint density at radius 2 is 1.92 bits per heavy atom. The molecule has 2 heteroatoms. The standard InChI is InChI=1S/C11H22FN/c1-2-3-9-13-10-11(12)7-5-4-6-8-11/h13H,2-10H2,1H3. The van der Waals surface area contributed by atoms with Gasteiger partial charge in [0.2, 0.25) is 0 Å². The first kappa shape index (κ1) is 11.0. The molecule has 1 nitrogen and oxygen atoms in total. The minimum absolute atomic E-state index is 0.576. The summed E-state index contributed by atoms with van der Waals surface area (Å²) in [7, 11) is 0. The van der Waals surface area contributed by atoms with Gasteiger partial charge in [0.1, 0.15) is 5.67 Å². The van der Waals surface area contributed by atoms with Gasteiger partial charge >= 0.3 is 0 Å². The normalized spacial score (nSPS) is 21.7. The molecule has 0 amide bonds. The van der Waals surface area contributed by atoms with Gasteiger partial charge in [-0.15, -0.1) is 0 Å². The number of unbranched alkanes of at least 4 members (excludes halogenated alkanes) is 1. The first-order valence-corrected chi connectivity index (χ1v) is 5.66. The van der Waals surface area contributed by atoms with Gasteiger partial charge in [-0.2, -0.15) is 0 Å². The Labute approximate surface area is 81.1 Å². The second-order valence-corrected chi connectivity index (χ2v) is 4.24. The van der Waals surface area contributed by atoms with Gasteiger partial charge in [0.15, 0.2) is 0 Å². The van der Waals surface area contributed by atoms with Crippen LogP contribution in [0.25, 0.3) is 0 Å². The van der Waals surface area contributed by atoms with Crippen LogP contribution in [0.15, 0.2) is 0 Å². The Kier molecular flexibility index (Phi) is 4.71. The molecule has 13 heavy (non-hydrogen) atoms. The maximum Gasteiger partial charge on any atom is 0.123 e. The molecular weight excluding hydrogens is 165 g/mol. The predicted molar refractivity (Wildman–Crippen MR) is 54.7 cm³/mol. The molecule has 0 unspecified atom stereocenters. The number of rotatable bonds is 5. The summed E-state index contributed by atoms with van der Waals surface area (Å²) >= 11 is 0. The molecule has 0 aromatic carbocycles. The Hall–Kier alpha value is -0.110. The van der Waals surface area contributed by atoms with Crippen molar-refractivity contribution in [3.63, 3.8) is 0 Å². The molecule has 1 aliphatic carbocycles.